The molecule has 2 aromatic rings. The molecule has 128 valence electrons. The summed E-state index contributed by atoms with van der Waals surface area (Å²) in [6.07, 6.45) is 0. The lowest BCUT2D eigenvalue weighted by Crippen LogP contribution is -2.26. The molecule has 0 radical (unpaired) electrons. The summed E-state index contributed by atoms with van der Waals surface area (Å²) in [5, 5.41) is 0. The summed E-state index contributed by atoms with van der Waals surface area (Å²) >= 11 is 0. The molecular formula is C19H23NO4. The van der Waals surface area contributed by atoms with E-state index in [2.05, 4.69) is 0 Å². The molecule has 0 unspecified atom stereocenters. The molecule has 0 aliphatic carbocycles. The number of hydrogen-bond acceptors (Lipinski definition) is 4. The van der Waals surface area contributed by atoms with Crippen molar-refractivity contribution >= 4 is 5.91 Å². The van der Waals surface area contributed by atoms with Crippen molar-refractivity contribution in [2.45, 2.75) is 13.5 Å². The summed E-state index contributed by atoms with van der Waals surface area (Å²) in [5.74, 6) is 1.63. The fourth-order valence-electron chi connectivity index (χ4n) is 2.53. The van der Waals surface area contributed by atoms with Crippen LogP contribution >= 0.6 is 0 Å². The highest BCUT2D eigenvalue weighted by atomic mass is 16.5. The van der Waals surface area contributed by atoms with E-state index in [9.17, 15) is 4.79 Å². The molecule has 0 aliphatic heterocycles. The molecule has 0 heterocycles. The summed E-state index contributed by atoms with van der Waals surface area (Å²) in [4.78, 5) is 14.2. The van der Waals surface area contributed by atoms with Gasteiger partial charge in [0, 0.05) is 24.7 Å². The molecule has 24 heavy (non-hydrogen) atoms. The lowest BCUT2D eigenvalue weighted by Gasteiger charge is -2.21. The molecule has 2 rings (SSSR count). The zero-order valence-corrected chi connectivity index (χ0v) is 14.8. The molecular weight excluding hydrogens is 306 g/mol. The number of amides is 1. The van der Waals surface area contributed by atoms with Crippen molar-refractivity contribution < 1.29 is 19.0 Å². The molecule has 0 atom stereocenters. The van der Waals surface area contributed by atoms with Gasteiger partial charge in [0.05, 0.1) is 21.3 Å². The first-order chi connectivity index (χ1) is 11.5. The topological polar surface area (TPSA) is 48.0 Å². The van der Waals surface area contributed by atoms with Gasteiger partial charge in [0.25, 0.3) is 5.91 Å². The number of nitrogens with zero attached hydrogens (tertiary/aromatic N) is 1. The summed E-state index contributed by atoms with van der Waals surface area (Å²) in [6, 6.07) is 11.2. The van der Waals surface area contributed by atoms with Crippen LogP contribution in [0.4, 0.5) is 0 Å². The van der Waals surface area contributed by atoms with Crippen LogP contribution < -0.4 is 14.2 Å². The van der Waals surface area contributed by atoms with Crippen molar-refractivity contribution in [3.05, 3.63) is 53.1 Å². The summed E-state index contributed by atoms with van der Waals surface area (Å²) < 4.78 is 16.1. The third-order valence-corrected chi connectivity index (χ3v) is 3.84. The van der Waals surface area contributed by atoms with E-state index in [4.69, 9.17) is 14.2 Å². The SMILES string of the molecule is COc1ccc(CN(C)C(=O)c2ccc(C)cc2)c(OC)c1OC. The smallest absolute Gasteiger partial charge is 0.253 e. The fraction of sp³-hybridized carbons (Fsp3) is 0.316. The lowest BCUT2D eigenvalue weighted by molar-refractivity contribution is 0.0784. The molecule has 0 bridgehead atoms. The second-order valence-corrected chi connectivity index (χ2v) is 5.52. The van der Waals surface area contributed by atoms with E-state index in [0.29, 0.717) is 29.4 Å². The summed E-state index contributed by atoms with van der Waals surface area (Å²) in [5.41, 5.74) is 2.62. The zero-order valence-electron chi connectivity index (χ0n) is 14.8. The van der Waals surface area contributed by atoms with E-state index in [0.717, 1.165) is 11.1 Å². The number of aryl methyl sites for hydroxylation is 1. The van der Waals surface area contributed by atoms with Gasteiger partial charge in [-0.25, -0.2) is 0 Å². The molecule has 0 spiro atoms. The first-order valence-electron chi connectivity index (χ1n) is 7.61. The number of hydrogen-bond donors (Lipinski definition) is 0. The first kappa shape index (κ1) is 17.7. The van der Waals surface area contributed by atoms with Gasteiger partial charge in [-0.3, -0.25) is 4.79 Å². The minimum atomic E-state index is -0.0492. The average molecular weight is 329 g/mol. The van der Waals surface area contributed by atoms with Crippen molar-refractivity contribution in [1.29, 1.82) is 0 Å². The highest BCUT2D eigenvalue weighted by Gasteiger charge is 2.19. The first-order valence-corrected chi connectivity index (χ1v) is 7.61. The maximum Gasteiger partial charge on any atom is 0.253 e. The van der Waals surface area contributed by atoms with E-state index >= 15 is 0 Å². The van der Waals surface area contributed by atoms with Crippen LogP contribution in [-0.2, 0) is 6.54 Å². The van der Waals surface area contributed by atoms with Gasteiger partial charge in [-0.05, 0) is 31.2 Å². The Bertz CT molecular complexity index is 710. The Kier molecular flexibility index (Phi) is 5.68. The van der Waals surface area contributed by atoms with E-state index in [1.807, 2.05) is 37.3 Å². The Morgan fingerprint density at radius 1 is 0.917 bits per heavy atom. The van der Waals surface area contributed by atoms with Gasteiger partial charge in [0.1, 0.15) is 0 Å². The molecule has 5 nitrogen and oxygen atoms in total. The maximum absolute atomic E-state index is 12.6. The molecule has 0 fully saturated rings. The number of carbonyl (C=O) groups excluding carboxylic acids is 1. The van der Waals surface area contributed by atoms with Crippen molar-refractivity contribution in [3.63, 3.8) is 0 Å². The highest BCUT2D eigenvalue weighted by molar-refractivity contribution is 5.94. The van der Waals surface area contributed by atoms with Crippen molar-refractivity contribution in [2.75, 3.05) is 28.4 Å². The highest BCUT2D eigenvalue weighted by Crippen LogP contribution is 2.40. The number of methoxy groups -OCH3 is 3. The largest absolute Gasteiger partial charge is 0.493 e. The van der Waals surface area contributed by atoms with Crippen LogP contribution in [0.15, 0.2) is 36.4 Å². The van der Waals surface area contributed by atoms with E-state index in [1.165, 1.54) is 0 Å². The van der Waals surface area contributed by atoms with Crippen LogP contribution in [0, 0.1) is 6.92 Å². The Hall–Kier alpha value is -2.69. The molecule has 2 aromatic carbocycles. The fourth-order valence-corrected chi connectivity index (χ4v) is 2.53. The van der Waals surface area contributed by atoms with Gasteiger partial charge in [-0.15, -0.1) is 0 Å². The zero-order chi connectivity index (χ0) is 17.7. The van der Waals surface area contributed by atoms with Crippen LogP contribution in [0.3, 0.4) is 0 Å². The molecule has 5 heteroatoms. The summed E-state index contributed by atoms with van der Waals surface area (Å²) in [6.45, 7) is 2.39. The van der Waals surface area contributed by atoms with Crippen molar-refractivity contribution in [2.24, 2.45) is 0 Å². The molecule has 0 aromatic heterocycles. The van der Waals surface area contributed by atoms with E-state index < -0.39 is 0 Å². The quantitative estimate of drug-likeness (QED) is 0.816. The number of ether oxygens (including phenoxy) is 3. The van der Waals surface area contributed by atoms with E-state index in [1.54, 1.807) is 39.3 Å². The van der Waals surface area contributed by atoms with Gasteiger partial charge in [0.15, 0.2) is 11.5 Å². The second kappa shape index (κ2) is 7.73. The standard InChI is InChI=1S/C19H23NO4/c1-13-6-8-14(9-7-13)19(21)20(2)12-15-10-11-16(22-3)18(24-5)17(15)23-4/h6-11H,12H2,1-5H3. The van der Waals surface area contributed by atoms with E-state index in [-0.39, 0.29) is 5.91 Å². The lowest BCUT2D eigenvalue weighted by atomic mass is 10.1. The van der Waals surface area contributed by atoms with Crippen LogP contribution in [0.1, 0.15) is 21.5 Å². The predicted molar refractivity (Wildman–Crippen MR) is 93.1 cm³/mol. The van der Waals surface area contributed by atoms with Gasteiger partial charge < -0.3 is 19.1 Å². The summed E-state index contributed by atoms with van der Waals surface area (Å²) in [7, 11) is 6.47. The molecule has 0 saturated heterocycles. The van der Waals surface area contributed by atoms with Crippen molar-refractivity contribution in [1.82, 2.24) is 4.90 Å². The molecule has 0 aliphatic rings. The Balaban J connectivity index is 2.26. The number of benzene rings is 2. The van der Waals surface area contributed by atoms with Gasteiger partial charge in [-0.1, -0.05) is 17.7 Å². The van der Waals surface area contributed by atoms with Crippen LogP contribution in [-0.4, -0.2) is 39.2 Å². The normalized spacial score (nSPS) is 10.2. The molecule has 0 saturated carbocycles. The van der Waals surface area contributed by atoms with Crippen molar-refractivity contribution in [3.8, 4) is 17.2 Å². The molecule has 0 N–H and O–H groups in total. The third kappa shape index (κ3) is 3.62. The Morgan fingerprint density at radius 3 is 2.08 bits per heavy atom. The minimum Gasteiger partial charge on any atom is -0.493 e. The average Bonchev–Trinajstić information content (AvgIpc) is 2.61. The van der Waals surface area contributed by atoms with Crippen LogP contribution in [0.5, 0.6) is 17.2 Å². The van der Waals surface area contributed by atoms with Gasteiger partial charge in [-0.2, -0.15) is 0 Å². The second-order valence-electron chi connectivity index (χ2n) is 5.52. The Labute approximate surface area is 142 Å². The van der Waals surface area contributed by atoms with Crippen LogP contribution in [0.2, 0.25) is 0 Å². The van der Waals surface area contributed by atoms with Gasteiger partial charge in [0.2, 0.25) is 5.75 Å². The number of carbonyl (C=O) groups is 1. The van der Waals surface area contributed by atoms with Crippen LogP contribution in [0.25, 0.3) is 0 Å². The Morgan fingerprint density at radius 2 is 1.54 bits per heavy atom. The predicted octanol–water partition coefficient (Wildman–Crippen LogP) is 3.29. The molecule has 1 amide bonds. The number of rotatable bonds is 6. The maximum atomic E-state index is 12.6. The third-order valence-electron chi connectivity index (χ3n) is 3.84. The minimum absolute atomic E-state index is 0.0492. The van der Waals surface area contributed by atoms with Gasteiger partial charge >= 0.3 is 0 Å². The monoisotopic (exact) mass is 329 g/mol.